The van der Waals surface area contributed by atoms with Crippen LogP contribution in [0, 0.1) is 18.3 Å². The van der Waals surface area contributed by atoms with Gasteiger partial charge in [0, 0.05) is 13.1 Å². The Balaban J connectivity index is 1.75. The summed E-state index contributed by atoms with van der Waals surface area (Å²) in [6.45, 7) is 3.13. The molecule has 3 rings (SSSR count). The Labute approximate surface area is 164 Å². The summed E-state index contributed by atoms with van der Waals surface area (Å²) in [5.41, 5.74) is 1.88. The third kappa shape index (κ3) is 4.46. The molecule has 9 nitrogen and oxygen atoms in total. The number of rotatable bonds is 5. The average Bonchev–Trinajstić information content (AvgIpc) is 3.04. The average molecular weight is 393 g/mol. The van der Waals surface area contributed by atoms with Crippen molar-refractivity contribution in [3.05, 3.63) is 53.5 Å². The van der Waals surface area contributed by atoms with Crippen molar-refractivity contribution in [2.45, 2.75) is 13.8 Å². The maximum atomic E-state index is 12.7. The Morgan fingerprint density at radius 2 is 1.82 bits per heavy atom. The topological polar surface area (TPSA) is 133 Å². The molecule has 3 aromatic heterocycles. The minimum atomic E-state index is -0.350. The van der Waals surface area contributed by atoms with Gasteiger partial charge in [-0.2, -0.15) is 9.64 Å². The van der Waals surface area contributed by atoms with Gasteiger partial charge in [-0.1, -0.05) is 0 Å². The van der Waals surface area contributed by atoms with Crippen molar-refractivity contribution in [2.75, 3.05) is 16.0 Å². The minimum absolute atomic E-state index is 0.226. The quantitative estimate of drug-likeness (QED) is 0.607. The summed E-state index contributed by atoms with van der Waals surface area (Å²) in [6, 6.07) is 8.52. The Morgan fingerprint density at radius 3 is 2.43 bits per heavy atom. The fraction of sp³-hybridized carbons (Fsp3) is 0.111. The lowest BCUT2D eigenvalue weighted by Gasteiger charge is -2.08. The Bertz CT molecular complexity index is 1050. The fourth-order valence-corrected chi connectivity index (χ4v) is 3.09. The standard InChI is InChI=1S/C18H15N7O2S/c1-10-16(17(27)23-13-4-6-14(21-9-13)22-11(2)26)18(28-25-10)24-15-5-3-12(7-19)8-20-15/h3-6,8-9H,1-2H3,(H,20,24)(H,23,27)(H,21,22,26). The second-order valence-corrected chi connectivity index (χ2v) is 6.48. The highest BCUT2D eigenvalue weighted by molar-refractivity contribution is 7.10. The number of carbonyl (C=O) groups is 2. The third-order valence-electron chi connectivity index (χ3n) is 3.55. The molecular formula is C18H15N7O2S. The van der Waals surface area contributed by atoms with E-state index in [9.17, 15) is 9.59 Å². The number of aryl methyl sites for hydroxylation is 1. The van der Waals surface area contributed by atoms with Crippen LogP contribution < -0.4 is 16.0 Å². The van der Waals surface area contributed by atoms with Crippen molar-refractivity contribution in [1.29, 1.82) is 5.26 Å². The first-order valence-electron chi connectivity index (χ1n) is 8.10. The van der Waals surface area contributed by atoms with Gasteiger partial charge in [0.25, 0.3) is 5.91 Å². The van der Waals surface area contributed by atoms with Crippen LogP contribution in [0.4, 0.5) is 22.3 Å². The van der Waals surface area contributed by atoms with Crippen molar-refractivity contribution < 1.29 is 9.59 Å². The largest absolute Gasteiger partial charge is 0.330 e. The van der Waals surface area contributed by atoms with E-state index >= 15 is 0 Å². The van der Waals surface area contributed by atoms with Crippen molar-refractivity contribution in [2.24, 2.45) is 0 Å². The molecule has 0 atom stereocenters. The van der Waals surface area contributed by atoms with E-state index in [-0.39, 0.29) is 11.8 Å². The number of hydrogen-bond donors (Lipinski definition) is 3. The zero-order chi connectivity index (χ0) is 20.1. The van der Waals surface area contributed by atoms with E-state index in [1.165, 1.54) is 19.3 Å². The second-order valence-electron chi connectivity index (χ2n) is 5.71. The highest BCUT2D eigenvalue weighted by Crippen LogP contribution is 2.28. The zero-order valence-electron chi connectivity index (χ0n) is 15.0. The van der Waals surface area contributed by atoms with E-state index in [2.05, 4.69) is 30.3 Å². The summed E-state index contributed by atoms with van der Waals surface area (Å²) < 4.78 is 4.23. The van der Waals surface area contributed by atoms with Crippen LogP contribution in [-0.4, -0.2) is 26.2 Å². The minimum Gasteiger partial charge on any atom is -0.330 e. The predicted octanol–water partition coefficient (Wildman–Crippen LogP) is 3.07. The molecule has 10 heteroatoms. The third-order valence-corrected chi connectivity index (χ3v) is 4.40. The summed E-state index contributed by atoms with van der Waals surface area (Å²) in [4.78, 5) is 32.0. The molecule has 3 heterocycles. The van der Waals surface area contributed by atoms with Gasteiger partial charge in [-0.05, 0) is 42.7 Å². The molecule has 28 heavy (non-hydrogen) atoms. The highest BCUT2D eigenvalue weighted by Gasteiger charge is 2.19. The Kier molecular flexibility index (Phi) is 5.57. The molecule has 2 amide bonds. The van der Waals surface area contributed by atoms with E-state index in [4.69, 9.17) is 5.26 Å². The van der Waals surface area contributed by atoms with Gasteiger partial charge >= 0.3 is 0 Å². The normalized spacial score (nSPS) is 10.0. The van der Waals surface area contributed by atoms with Gasteiger partial charge in [0.1, 0.15) is 22.7 Å². The summed E-state index contributed by atoms with van der Waals surface area (Å²) in [5.74, 6) is 0.319. The van der Waals surface area contributed by atoms with Crippen LogP contribution in [0.5, 0.6) is 0 Å². The van der Waals surface area contributed by atoms with Crippen LogP contribution >= 0.6 is 11.5 Å². The Hall–Kier alpha value is -3.84. The summed E-state index contributed by atoms with van der Waals surface area (Å²) >= 11 is 1.14. The molecule has 0 saturated heterocycles. The maximum absolute atomic E-state index is 12.7. The SMILES string of the molecule is CC(=O)Nc1ccc(NC(=O)c2c(C)nsc2Nc2ccc(C#N)cn2)cn1. The van der Waals surface area contributed by atoms with Gasteiger partial charge in [-0.15, -0.1) is 0 Å². The predicted molar refractivity (Wildman–Crippen MR) is 106 cm³/mol. The summed E-state index contributed by atoms with van der Waals surface area (Å²) in [5, 5.41) is 17.7. The van der Waals surface area contributed by atoms with E-state index in [0.717, 1.165) is 11.5 Å². The molecule has 0 aromatic carbocycles. The van der Waals surface area contributed by atoms with Crippen LogP contribution in [0.1, 0.15) is 28.5 Å². The monoisotopic (exact) mass is 393 g/mol. The molecule has 140 valence electrons. The number of amides is 2. The van der Waals surface area contributed by atoms with Gasteiger partial charge in [-0.25, -0.2) is 9.97 Å². The Morgan fingerprint density at radius 1 is 1.07 bits per heavy atom. The number of hydrogen-bond acceptors (Lipinski definition) is 8. The molecule has 0 bridgehead atoms. The van der Waals surface area contributed by atoms with Crippen LogP contribution in [0.25, 0.3) is 0 Å². The number of nitriles is 1. The highest BCUT2D eigenvalue weighted by atomic mass is 32.1. The van der Waals surface area contributed by atoms with E-state index in [1.807, 2.05) is 6.07 Å². The smallest absolute Gasteiger partial charge is 0.260 e. The van der Waals surface area contributed by atoms with Crippen LogP contribution in [0.3, 0.4) is 0 Å². The molecule has 0 spiro atoms. The van der Waals surface area contributed by atoms with Gasteiger partial charge in [0.05, 0.1) is 28.7 Å². The van der Waals surface area contributed by atoms with Crippen molar-refractivity contribution in [3.8, 4) is 6.07 Å². The molecule has 0 fully saturated rings. The first-order valence-corrected chi connectivity index (χ1v) is 8.88. The molecule has 0 aliphatic carbocycles. The van der Waals surface area contributed by atoms with E-state index < -0.39 is 0 Å². The number of carbonyl (C=O) groups excluding carboxylic acids is 2. The number of nitrogens with zero attached hydrogens (tertiary/aromatic N) is 4. The molecule has 0 unspecified atom stereocenters. The lowest BCUT2D eigenvalue weighted by atomic mass is 10.2. The van der Waals surface area contributed by atoms with Crippen LogP contribution in [0.15, 0.2) is 36.7 Å². The molecule has 0 radical (unpaired) electrons. The molecule has 3 aromatic rings. The van der Waals surface area contributed by atoms with Crippen molar-refractivity contribution >= 4 is 45.7 Å². The van der Waals surface area contributed by atoms with E-state index in [0.29, 0.717) is 39.1 Å². The number of nitrogens with one attached hydrogen (secondary N) is 3. The molecule has 3 N–H and O–H groups in total. The van der Waals surface area contributed by atoms with Gasteiger partial charge in [0.2, 0.25) is 5.91 Å². The molecule has 0 aliphatic heterocycles. The second kappa shape index (κ2) is 8.24. The fourth-order valence-electron chi connectivity index (χ4n) is 2.29. The zero-order valence-corrected chi connectivity index (χ0v) is 15.8. The number of pyridine rings is 2. The van der Waals surface area contributed by atoms with Gasteiger partial charge in [-0.3, -0.25) is 9.59 Å². The number of aromatic nitrogens is 3. The van der Waals surface area contributed by atoms with Crippen molar-refractivity contribution in [1.82, 2.24) is 14.3 Å². The molecule has 0 saturated carbocycles. The van der Waals surface area contributed by atoms with Gasteiger partial charge < -0.3 is 16.0 Å². The van der Waals surface area contributed by atoms with Crippen LogP contribution in [-0.2, 0) is 4.79 Å². The maximum Gasteiger partial charge on any atom is 0.260 e. The lowest BCUT2D eigenvalue weighted by Crippen LogP contribution is -2.14. The summed E-state index contributed by atoms with van der Waals surface area (Å²) in [6.07, 6.45) is 2.89. The number of anilines is 4. The first kappa shape index (κ1) is 18.9. The molecular weight excluding hydrogens is 378 g/mol. The first-order chi connectivity index (χ1) is 13.5. The van der Waals surface area contributed by atoms with Crippen LogP contribution in [0.2, 0.25) is 0 Å². The van der Waals surface area contributed by atoms with Gasteiger partial charge in [0.15, 0.2) is 0 Å². The molecule has 0 aliphatic rings. The lowest BCUT2D eigenvalue weighted by molar-refractivity contribution is -0.114. The van der Waals surface area contributed by atoms with Crippen molar-refractivity contribution in [3.63, 3.8) is 0 Å². The summed E-state index contributed by atoms with van der Waals surface area (Å²) in [7, 11) is 0. The van der Waals surface area contributed by atoms with E-state index in [1.54, 1.807) is 31.2 Å².